The highest BCUT2D eigenvalue weighted by atomic mass is 19.1. The Hall–Kier alpha value is -2.64. The standard InChI is InChI=1S/C13H16FN3O4/c14-10-5-4-8(7-9(10)12(19)20)17-13(21)16-6-2-1-3-11(15)18/h4-5,7H,1-3,6H2,(H2,15,18)(H,19,20)(H2,16,17,21). The number of nitrogens with two attached hydrogens (primary N) is 1. The van der Waals surface area contributed by atoms with Crippen molar-refractivity contribution in [2.45, 2.75) is 19.3 Å². The van der Waals surface area contributed by atoms with Gasteiger partial charge in [-0.2, -0.15) is 0 Å². The molecule has 5 N–H and O–H groups in total. The van der Waals surface area contributed by atoms with Crippen LogP contribution in [-0.2, 0) is 4.79 Å². The quantitative estimate of drug-likeness (QED) is 0.567. The van der Waals surface area contributed by atoms with E-state index in [4.69, 9.17) is 10.8 Å². The first-order chi connectivity index (χ1) is 9.90. The van der Waals surface area contributed by atoms with Crippen LogP contribution in [0.3, 0.4) is 0 Å². The molecule has 0 heterocycles. The predicted molar refractivity (Wildman–Crippen MR) is 73.4 cm³/mol. The van der Waals surface area contributed by atoms with Crippen molar-refractivity contribution in [3.8, 4) is 0 Å². The minimum atomic E-state index is -1.41. The molecule has 0 fully saturated rings. The van der Waals surface area contributed by atoms with E-state index in [-0.39, 0.29) is 12.1 Å². The summed E-state index contributed by atoms with van der Waals surface area (Å²) in [6, 6.07) is 2.71. The monoisotopic (exact) mass is 297 g/mol. The predicted octanol–water partition coefficient (Wildman–Crippen LogP) is 1.30. The van der Waals surface area contributed by atoms with Gasteiger partial charge in [-0.05, 0) is 31.0 Å². The third-order valence-electron chi connectivity index (χ3n) is 2.59. The number of benzene rings is 1. The molecule has 0 bridgehead atoms. The second kappa shape index (κ2) is 7.83. The minimum Gasteiger partial charge on any atom is -0.478 e. The Labute approximate surface area is 120 Å². The SMILES string of the molecule is NC(=O)CCCCNC(=O)Nc1ccc(F)c(C(=O)O)c1. The molecular weight excluding hydrogens is 281 g/mol. The number of primary amides is 1. The summed E-state index contributed by atoms with van der Waals surface area (Å²) in [6.07, 6.45) is 1.40. The highest BCUT2D eigenvalue weighted by Crippen LogP contribution is 2.14. The molecule has 3 amide bonds. The van der Waals surface area contributed by atoms with Gasteiger partial charge < -0.3 is 21.5 Å². The zero-order valence-electron chi connectivity index (χ0n) is 11.2. The van der Waals surface area contributed by atoms with E-state index in [2.05, 4.69) is 10.6 Å². The number of urea groups is 1. The Morgan fingerprint density at radius 3 is 2.57 bits per heavy atom. The molecule has 0 aliphatic carbocycles. The summed E-state index contributed by atoms with van der Waals surface area (Å²) in [7, 11) is 0. The van der Waals surface area contributed by atoms with Gasteiger partial charge in [-0.25, -0.2) is 14.0 Å². The summed E-state index contributed by atoms with van der Waals surface area (Å²) in [6.45, 7) is 0.339. The number of hydrogen-bond donors (Lipinski definition) is 4. The number of nitrogens with one attached hydrogen (secondary N) is 2. The van der Waals surface area contributed by atoms with E-state index in [0.29, 0.717) is 19.4 Å². The van der Waals surface area contributed by atoms with E-state index in [1.54, 1.807) is 0 Å². The van der Waals surface area contributed by atoms with Gasteiger partial charge in [0.2, 0.25) is 5.91 Å². The Morgan fingerprint density at radius 2 is 1.95 bits per heavy atom. The number of anilines is 1. The van der Waals surface area contributed by atoms with E-state index in [9.17, 15) is 18.8 Å². The number of carbonyl (C=O) groups excluding carboxylic acids is 2. The summed E-state index contributed by atoms with van der Waals surface area (Å²) in [5.74, 6) is -2.69. The second-order valence-electron chi connectivity index (χ2n) is 4.30. The molecule has 0 aliphatic rings. The number of carboxylic acid groups (broad SMARTS) is 1. The van der Waals surface area contributed by atoms with Crippen LogP contribution >= 0.6 is 0 Å². The number of amides is 3. The van der Waals surface area contributed by atoms with E-state index < -0.39 is 29.3 Å². The van der Waals surface area contributed by atoms with E-state index >= 15 is 0 Å². The molecule has 8 heteroatoms. The van der Waals surface area contributed by atoms with E-state index in [1.807, 2.05) is 0 Å². The Kier molecular flexibility index (Phi) is 6.12. The average Bonchev–Trinajstić information content (AvgIpc) is 2.40. The number of aromatic carboxylic acids is 1. The van der Waals surface area contributed by atoms with Crippen LogP contribution in [-0.4, -0.2) is 29.6 Å². The van der Waals surface area contributed by atoms with E-state index in [0.717, 1.165) is 12.1 Å². The molecule has 21 heavy (non-hydrogen) atoms. The summed E-state index contributed by atoms with van der Waals surface area (Å²) in [5, 5.41) is 13.7. The van der Waals surface area contributed by atoms with Crippen molar-refractivity contribution in [3.63, 3.8) is 0 Å². The zero-order valence-corrected chi connectivity index (χ0v) is 11.2. The molecule has 0 spiro atoms. The Balaban J connectivity index is 2.43. The summed E-state index contributed by atoms with van der Waals surface area (Å²) in [5.41, 5.74) is 4.62. The molecule has 7 nitrogen and oxygen atoms in total. The number of unbranched alkanes of at least 4 members (excludes halogenated alkanes) is 1. The van der Waals surface area contributed by atoms with Crippen molar-refractivity contribution in [3.05, 3.63) is 29.6 Å². The lowest BCUT2D eigenvalue weighted by Gasteiger charge is -2.08. The van der Waals surface area contributed by atoms with Crippen LogP contribution in [0.5, 0.6) is 0 Å². The Morgan fingerprint density at radius 1 is 1.24 bits per heavy atom. The molecule has 0 unspecified atom stereocenters. The molecule has 0 aliphatic heterocycles. The molecule has 114 valence electrons. The van der Waals surface area contributed by atoms with Gasteiger partial charge in [-0.3, -0.25) is 4.79 Å². The lowest BCUT2D eigenvalue weighted by atomic mass is 10.2. The first-order valence-corrected chi connectivity index (χ1v) is 6.26. The molecule has 0 saturated heterocycles. The maximum absolute atomic E-state index is 13.2. The van der Waals surface area contributed by atoms with Gasteiger partial charge in [0.1, 0.15) is 5.82 Å². The van der Waals surface area contributed by atoms with Crippen LogP contribution in [0, 0.1) is 5.82 Å². The van der Waals surface area contributed by atoms with Crippen molar-refractivity contribution >= 4 is 23.6 Å². The topological polar surface area (TPSA) is 122 Å². The number of halogens is 1. The second-order valence-corrected chi connectivity index (χ2v) is 4.30. The highest BCUT2D eigenvalue weighted by Gasteiger charge is 2.11. The number of carboxylic acids is 1. The fourth-order valence-electron chi connectivity index (χ4n) is 1.57. The van der Waals surface area contributed by atoms with Gasteiger partial charge in [0.05, 0.1) is 5.56 Å². The fraction of sp³-hybridized carbons (Fsp3) is 0.308. The molecule has 1 rings (SSSR count). The number of rotatable bonds is 7. The highest BCUT2D eigenvalue weighted by molar-refractivity contribution is 5.93. The zero-order chi connectivity index (χ0) is 15.8. The molecular formula is C13H16FN3O4. The maximum atomic E-state index is 13.2. The normalized spacial score (nSPS) is 9.95. The van der Waals surface area contributed by atoms with Crippen LogP contribution in [0.4, 0.5) is 14.9 Å². The molecule has 1 aromatic rings. The minimum absolute atomic E-state index is 0.170. The molecule has 0 aromatic heterocycles. The first kappa shape index (κ1) is 16.4. The van der Waals surface area contributed by atoms with Crippen LogP contribution in [0.25, 0.3) is 0 Å². The fourth-order valence-corrected chi connectivity index (χ4v) is 1.57. The summed E-state index contributed by atoms with van der Waals surface area (Å²) in [4.78, 5) is 32.8. The van der Waals surface area contributed by atoms with Gasteiger partial charge >= 0.3 is 12.0 Å². The van der Waals surface area contributed by atoms with E-state index in [1.165, 1.54) is 6.07 Å². The molecule has 1 aromatic carbocycles. The van der Waals surface area contributed by atoms with Crippen molar-refractivity contribution in [2.75, 3.05) is 11.9 Å². The summed E-state index contributed by atoms with van der Waals surface area (Å²) >= 11 is 0. The maximum Gasteiger partial charge on any atom is 0.338 e. The van der Waals surface area contributed by atoms with Crippen molar-refractivity contribution < 1.29 is 23.9 Å². The largest absolute Gasteiger partial charge is 0.478 e. The average molecular weight is 297 g/mol. The van der Waals surface area contributed by atoms with Gasteiger partial charge in [0.15, 0.2) is 0 Å². The van der Waals surface area contributed by atoms with Crippen LogP contribution in [0.1, 0.15) is 29.6 Å². The number of hydrogen-bond acceptors (Lipinski definition) is 3. The first-order valence-electron chi connectivity index (χ1n) is 6.26. The van der Waals surface area contributed by atoms with Crippen LogP contribution < -0.4 is 16.4 Å². The van der Waals surface area contributed by atoms with Crippen molar-refractivity contribution in [2.24, 2.45) is 5.73 Å². The van der Waals surface area contributed by atoms with Crippen LogP contribution in [0.15, 0.2) is 18.2 Å². The van der Waals surface area contributed by atoms with Crippen molar-refractivity contribution in [1.29, 1.82) is 0 Å². The van der Waals surface area contributed by atoms with Crippen LogP contribution in [0.2, 0.25) is 0 Å². The number of carbonyl (C=O) groups is 3. The molecule has 0 radical (unpaired) electrons. The van der Waals surface area contributed by atoms with Gasteiger partial charge in [0, 0.05) is 18.7 Å². The lowest BCUT2D eigenvalue weighted by molar-refractivity contribution is -0.118. The lowest BCUT2D eigenvalue weighted by Crippen LogP contribution is -2.29. The Bertz CT molecular complexity index is 548. The third kappa shape index (κ3) is 5.89. The van der Waals surface area contributed by atoms with Gasteiger partial charge in [-0.1, -0.05) is 0 Å². The van der Waals surface area contributed by atoms with Gasteiger partial charge in [-0.15, -0.1) is 0 Å². The molecule has 0 atom stereocenters. The summed E-state index contributed by atoms with van der Waals surface area (Å²) < 4.78 is 13.2. The van der Waals surface area contributed by atoms with Gasteiger partial charge in [0.25, 0.3) is 0 Å². The smallest absolute Gasteiger partial charge is 0.338 e. The molecule has 0 saturated carbocycles. The third-order valence-corrected chi connectivity index (χ3v) is 2.59. The van der Waals surface area contributed by atoms with Crippen molar-refractivity contribution in [1.82, 2.24) is 5.32 Å².